The fourth-order valence-electron chi connectivity index (χ4n) is 2.08. The number of thiazole rings is 1. The number of rotatable bonds is 2. The third-order valence-corrected chi connectivity index (χ3v) is 4.16. The fraction of sp³-hybridized carbons (Fsp3) is 0.250. The van der Waals surface area contributed by atoms with E-state index in [-0.39, 0.29) is 12.2 Å². The van der Waals surface area contributed by atoms with Crippen molar-refractivity contribution in [1.82, 2.24) is 19.2 Å². The molecule has 0 N–H and O–H groups in total. The molecular formula is C12H8ClF3N4OS. The van der Waals surface area contributed by atoms with E-state index in [4.69, 9.17) is 11.6 Å². The Labute approximate surface area is 130 Å². The minimum atomic E-state index is -4.61. The number of fused-ring (bicyclic) bond motifs is 1. The van der Waals surface area contributed by atoms with E-state index in [0.717, 1.165) is 15.5 Å². The molecule has 116 valence electrons. The molecule has 3 heterocycles. The smallest absolute Gasteiger partial charge is 0.325 e. The van der Waals surface area contributed by atoms with Crippen LogP contribution in [0.15, 0.2) is 23.1 Å². The van der Waals surface area contributed by atoms with Gasteiger partial charge in [-0.1, -0.05) is 11.6 Å². The molecule has 3 aromatic rings. The molecule has 3 rings (SSSR count). The number of halogens is 4. The van der Waals surface area contributed by atoms with Gasteiger partial charge in [0.2, 0.25) is 0 Å². The van der Waals surface area contributed by atoms with Gasteiger partial charge in [-0.15, -0.1) is 11.3 Å². The molecular weight excluding hydrogens is 341 g/mol. The lowest BCUT2D eigenvalue weighted by molar-refractivity contribution is -0.141. The first kappa shape index (κ1) is 15.0. The van der Waals surface area contributed by atoms with E-state index in [1.54, 1.807) is 17.7 Å². The quantitative estimate of drug-likeness (QED) is 0.715. The van der Waals surface area contributed by atoms with E-state index in [1.165, 1.54) is 17.4 Å². The lowest BCUT2D eigenvalue weighted by Crippen LogP contribution is -2.20. The van der Waals surface area contributed by atoms with Crippen molar-refractivity contribution in [3.05, 3.63) is 49.4 Å². The number of aryl methyl sites for hydroxylation is 1. The minimum Gasteiger partial charge on any atom is -0.325 e. The van der Waals surface area contributed by atoms with Gasteiger partial charge in [0.15, 0.2) is 10.2 Å². The van der Waals surface area contributed by atoms with Crippen LogP contribution in [0.1, 0.15) is 16.3 Å². The van der Waals surface area contributed by atoms with E-state index >= 15 is 0 Å². The van der Waals surface area contributed by atoms with Gasteiger partial charge in [-0.3, -0.25) is 4.79 Å². The van der Waals surface area contributed by atoms with Crippen LogP contribution in [0.4, 0.5) is 13.2 Å². The Hall–Kier alpha value is -1.87. The number of hydrogen-bond donors (Lipinski definition) is 0. The monoisotopic (exact) mass is 348 g/mol. The van der Waals surface area contributed by atoms with Crippen molar-refractivity contribution >= 4 is 28.6 Å². The maximum Gasteiger partial charge on any atom is 0.435 e. The molecule has 0 radical (unpaired) electrons. The highest BCUT2D eigenvalue weighted by atomic mass is 35.5. The largest absolute Gasteiger partial charge is 0.435 e. The summed E-state index contributed by atoms with van der Waals surface area (Å²) in [5, 5.41) is 3.35. The topological polar surface area (TPSA) is 52.2 Å². The van der Waals surface area contributed by atoms with Crippen molar-refractivity contribution < 1.29 is 13.2 Å². The molecule has 0 fully saturated rings. The summed E-state index contributed by atoms with van der Waals surface area (Å²) < 4.78 is 41.1. The maximum atomic E-state index is 12.8. The maximum absolute atomic E-state index is 12.8. The molecule has 5 nitrogen and oxygen atoms in total. The van der Waals surface area contributed by atoms with Crippen molar-refractivity contribution in [1.29, 1.82) is 0 Å². The summed E-state index contributed by atoms with van der Waals surface area (Å²) in [6.45, 7) is 1.90. The second kappa shape index (κ2) is 5.10. The van der Waals surface area contributed by atoms with Gasteiger partial charge >= 0.3 is 6.18 Å². The third kappa shape index (κ3) is 2.61. The zero-order valence-corrected chi connectivity index (χ0v) is 12.6. The number of hydrogen-bond acceptors (Lipinski definition) is 4. The summed E-state index contributed by atoms with van der Waals surface area (Å²) in [5.74, 6) is 0. The molecule has 0 amide bonds. The zero-order valence-electron chi connectivity index (χ0n) is 11.1. The van der Waals surface area contributed by atoms with Crippen molar-refractivity contribution in [3.63, 3.8) is 0 Å². The Morgan fingerprint density at radius 3 is 2.68 bits per heavy atom. The highest BCUT2D eigenvalue weighted by Gasteiger charge is 2.34. The molecule has 0 aliphatic carbocycles. The molecule has 0 saturated carbocycles. The van der Waals surface area contributed by atoms with Crippen LogP contribution >= 0.6 is 22.9 Å². The molecule has 0 bridgehead atoms. The van der Waals surface area contributed by atoms with Crippen molar-refractivity contribution in [2.45, 2.75) is 19.6 Å². The summed E-state index contributed by atoms with van der Waals surface area (Å²) in [6, 6.07) is 2.10. The standard InChI is InChI=1S/C12H8ClF3N4OS/c1-6-2-10(21)20-9(3-8(18-20)12(14,15)16)19(6)5-7-4-17-11(13)22-7/h2-4H,5H2,1H3. The second-order valence-electron chi connectivity index (χ2n) is 4.59. The Morgan fingerprint density at radius 2 is 2.09 bits per heavy atom. The molecule has 0 atom stereocenters. The van der Waals surface area contributed by atoms with Crippen LogP contribution in [0.25, 0.3) is 5.65 Å². The van der Waals surface area contributed by atoms with Crippen LogP contribution < -0.4 is 5.56 Å². The highest BCUT2D eigenvalue weighted by Crippen LogP contribution is 2.29. The van der Waals surface area contributed by atoms with Gasteiger partial charge in [-0.2, -0.15) is 22.8 Å². The van der Waals surface area contributed by atoms with Gasteiger partial charge in [-0.25, -0.2) is 4.98 Å². The van der Waals surface area contributed by atoms with E-state index in [1.807, 2.05) is 0 Å². The molecule has 10 heteroatoms. The predicted molar refractivity (Wildman–Crippen MR) is 75.4 cm³/mol. The fourth-order valence-corrected chi connectivity index (χ4v) is 3.05. The van der Waals surface area contributed by atoms with Crippen molar-refractivity contribution in [2.75, 3.05) is 0 Å². The van der Waals surface area contributed by atoms with Gasteiger partial charge in [0.1, 0.15) is 5.65 Å². The first-order chi connectivity index (χ1) is 10.3. The van der Waals surface area contributed by atoms with E-state index in [9.17, 15) is 18.0 Å². The summed E-state index contributed by atoms with van der Waals surface area (Å²) in [7, 11) is 0. The highest BCUT2D eigenvalue weighted by molar-refractivity contribution is 7.15. The van der Waals surface area contributed by atoms with E-state index in [2.05, 4.69) is 10.1 Å². The first-order valence-corrected chi connectivity index (χ1v) is 7.23. The van der Waals surface area contributed by atoms with E-state index in [0.29, 0.717) is 10.2 Å². The van der Waals surface area contributed by atoms with Crippen LogP contribution in [-0.4, -0.2) is 19.2 Å². The lowest BCUT2D eigenvalue weighted by Gasteiger charge is -2.10. The Kier molecular flexibility index (Phi) is 3.48. The Balaban J connectivity index is 2.20. The van der Waals surface area contributed by atoms with E-state index < -0.39 is 17.4 Å². The Morgan fingerprint density at radius 1 is 1.36 bits per heavy atom. The molecule has 0 aromatic carbocycles. The van der Waals surface area contributed by atoms with Gasteiger partial charge < -0.3 is 4.57 Å². The van der Waals surface area contributed by atoms with Crippen molar-refractivity contribution in [3.8, 4) is 0 Å². The van der Waals surface area contributed by atoms with Crippen LogP contribution in [0.3, 0.4) is 0 Å². The predicted octanol–water partition coefficient (Wildman–Crippen LogP) is 2.98. The molecule has 0 spiro atoms. The van der Waals surface area contributed by atoms with Crippen molar-refractivity contribution in [2.24, 2.45) is 0 Å². The van der Waals surface area contributed by atoms with Gasteiger partial charge in [-0.05, 0) is 6.92 Å². The molecule has 0 aliphatic heterocycles. The average Bonchev–Trinajstić information content (AvgIpc) is 3.00. The van der Waals surface area contributed by atoms with Crippen LogP contribution in [0.5, 0.6) is 0 Å². The molecule has 3 aromatic heterocycles. The van der Waals surface area contributed by atoms with Gasteiger partial charge in [0.05, 0.1) is 6.54 Å². The minimum absolute atomic E-state index is 0.0712. The van der Waals surface area contributed by atoms with Crippen LogP contribution in [0, 0.1) is 6.92 Å². The number of alkyl halides is 3. The Bertz CT molecular complexity index is 911. The second-order valence-corrected chi connectivity index (χ2v) is 6.28. The molecule has 22 heavy (non-hydrogen) atoms. The van der Waals surface area contributed by atoms with Gasteiger partial charge in [0, 0.05) is 28.9 Å². The first-order valence-electron chi connectivity index (χ1n) is 6.03. The number of aromatic nitrogens is 4. The lowest BCUT2D eigenvalue weighted by atomic mass is 10.3. The average molecular weight is 349 g/mol. The third-order valence-electron chi connectivity index (χ3n) is 3.06. The molecule has 0 saturated heterocycles. The zero-order chi connectivity index (χ0) is 16.1. The summed E-state index contributed by atoms with van der Waals surface area (Å²) in [5.41, 5.74) is -1.12. The molecule has 0 unspecified atom stereocenters. The summed E-state index contributed by atoms with van der Waals surface area (Å²) in [6.07, 6.45) is -3.07. The molecule has 0 aliphatic rings. The van der Waals surface area contributed by atoms with Gasteiger partial charge in [0.25, 0.3) is 5.56 Å². The summed E-state index contributed by atoms with van der Waals surface area (Å²) >= 11 is 6.98. The summed E-state index contributed by atoms with van der Waals surface area (Å²) in [4.78, 5) is 16.5. The number of nitrogens with zero attached hydrogens (tertiary/aromatic N) is 4. The normalized spacial score (nSPS) is 12.2. The van der Waals surface area contributed by atoms with Crippen LogP contribution in [0.2, 0.25) is 4.47 Å². The SMILES string of the molecule is Cc1cc(=O)n2nc(C(F)(F)F)cc2n1Cc1cnc(Cl)s1. The van der Waals surface area contributed by atoms with Crippen LogP contribution in [-0.2, 0) is 12.7 Å².